The number of hydrogen-bond acceptors (Lipinski definition) is 5. The summed E-state index contributed by atoms with van der Waals surface area (Å²) in [6.45, 7) is 5.54. The molecule has 1 heterocycles. The number of nitriles is 1. The maximum atomic E-state index is 9.82. The van der Waals surface area contributed by atoms with Gasteiger partial charge in [-0.3, -0.25) is 0 Å². The van der Waals surface area contributed by atoms with Crippen molar-refractivity contribution in [1.82, 2.24) is 9.97 Å². The Kier molecular flexibility index (Phi) is 4.38. The Morgan fingerprint density at radius 1 is 1.20 bits per heavy atom. The molecule has 0 bridgehead atoms. The average Bonchev–Trinajstić information content (AvgIpc) is 2.37. The van der Waals surface area contributed by atoms with Crippen molar-refractivity contribution in [1.29, 1.82) is 5.26 Å². The Bertz CT molecular complexity index is 657. The van der Waals surface area contributed by atoms with Gasteiger partial charge in [0.25, 0.3) is 0 Å². The first-order chi connectivity index (χ1) is 9.49. The van der Waals surface area contributed by atoms with Crippen molar-refractivity contribution in [2.75, 3.05) is 0 Å². The molecule has 4 nitrogen and oxygen atoms in total. The number of benzene rings is 1. The van der Waals surface area contributed by atoms with Crippen molar-refractivity contribution in [2.24, 2.45) is 0 Å². The highest BCUT2D eigenvalue weighted by Crippen LogP contribution is 2.32. The van der Waals surface area contributed by atoms with Gasteiger partial charge in [0.05, 0.1) is 17.7 Å². The molecule has 0 spiro atoms. The van der Waals surface area contributed by atoms with E-state index in [1.165, 1.54) is 11.8 Å². The second kappa shape index (κ2) is 6.04. The van der Waals surface area contributed by atoms with Crippen LogP contribution in [-0.2, 0) is 0 Å². The van der Waals surface area contributed by atoms with E-state index in [0.717, 1.165) is 21.8 Å². The summed E-state index contributed by atoms with van der Waals surface area (Å²) in [5, 5.41) is 19.4. The number of aromatic nitrogens is 2. The van der Waals surface area contributed by atoms with Crippen LogP contribution < -0.4 is 0 Å². The lowest BCUT2D eigenvalue weighted by Gasteiger charge is -2.11. The molecule has 1 atom stereocenters. The van der Waals surface area contributed by atoms with E-state index in [9.17, 15) is 5.11 Å². The van der Waals surface area contributed by atoms with Crippen molar-refractivity contribution in [3.63, 3.8) is 0 Å². The van der Waals surface area contributed by atoms with E-state index in [0.29, 0.717) is 10.7 Å². The van der Waals surface area contributed by atoms with Crippen LogP contribution >= 0.6 is 11.8 Å². The second-order valence-corrected chi connectivity index (χ2v) is 5.58. The second-order valence-electron chi connectivity index (χ2n) is 4.58. The van der Waals surface area contributed by atoms with E-state index in [-0.39, 0.29) is 0 Å². The zero-order valence-corrected chi connectivity index (χ0v) is 12.4. The highest BCUT2D eigenvalue weighted by Gasteiger charge is 2.12. The van der Waals surface area contributed by atoms with Gasteiger partial charge in [0, 0.05) is 16.3 Å². The fraction of sp³-hybridized carbons (Fsp3) is 0.267. The normalized spacial score (nSPS) is 11.9. The smallest absolute Gasteiger partial charge is 0.192 e. The van der Waals surface area contributed by atoms with Gasteiger partial charge in [0.2, 0.25) is 0 Å². The van der Waals surface area contributed by atoms with Gasteiger partial charge in [-0.25, -0.2) is 9.97 Å². The van der Waals surface area contributed by atoms with Gasteiger partial charge in [-0.15, -0.1) is 0 Å². The molecule has 0 unspecified atom stereocenters. The number of nitrogens with zero attached hydrogens (tertiary/aromatic N) is 3. The Morgan fingerprint density at radius 2 is 1.85 bits per heavy atom. The quantitative estimate of drug-likeness (QED) is 0.877. The fourth-order valence-electron chi connectivity index (χ4n) is 1.88. The Balaban J connectivity index is 2.43. The first-order valence-corrected chi connectivity index (χ1v) is 7.03. The summed E-state index contributed by atoms with van der Waals surface area (Å²) in [6, 6.07) is 9.25. The van der Waals surface area contributed by atoms with E-state index in [2.05, 4.69) is 16.0 Å². The van der Waals surface area contributed by atoms with Crippen LogP contribution in [0.15, 0.2) is 34.3 Å². The molecule has 1 N–H and O–H groups in total. The van der Waals surface area contributed by atoms with Crippen molar-refractivity contribution in [3.05, 3.63) is 46.8 Å². The van der Waals surface area contributed by atoms with Crippen molar-refractivity contribution in [3.8, 4) is 6.07 Å². The molecule has 2 aromatic rings. The first-order valence-electron chi connectivity index (χ1n) is 6.22. The van der Waals surface area contributed by atoms with E-state index in [1.807, 2.05) is 19.9 Å². The Labute approximate surface area is 122 Å². The standard InChI is InChI=1S/C15H15N3OS/c1-9-6-10(2)18-15(17-9)20-14-7-12(8-16)4-5-13(14)11(3)19/h4-7,11,19H,1-3H3/t11-/m0/s1. The zero-order valence-electron chi connectivity index (χ0n) is 11.6. The monoisotopic (exact) mass is 285 g/mol. The first kappa shape index (κ1) is 14.5. The topological polar surface area (TPSA) is 69.8 Å². The maximum Gasteiger partial charge on any atom is 0.192 e. The summed E-state index contributed by atoms with van der Waals surface area (Å²) in [6.07, 6.45) is -0.601. The fourth-order valence-corrected chi connectivity index (χ4v) is 2.99. The van der Waals surface area contributed by atoms with Crippen molar-refractivity contribution < 1.29 is 5.11 Å². The molecule has 102 valence electrons. The highest BCUT2D eigenvalue weighted by molar-refractivity contribution is 7.99. The lowest BCUT2D eigenvalue weighted by Crippen LogP contribution is -1.97. The van der Waals surface area contributed by atoms with Gasteiger partial charge in [0.15, 0.2) is 5.16 Å². The molecule has 20 heavy (non-hydrogen) atoms. The number of aryl methyl sites for hydroxylation is 2. The van der Waals surface area contributed by atoms with Gasteiger partial charge in [-0.1, -0.05) is 6.07 Å². The number of hydrogen-bond donors (Lipinski definition) is 1. The van der Waals surface area contributed by atoms with E-state index >= 15 is 0 Å². The number of aliphatic hydroxyl groups excluding tert-OH is 1. The molecule has 1 aromatic carbocycles. The Hall–Kier alpha value is -1.90. The largest absolute Gasteiger partial charge is 0.389 e. The maximum absolute atomic E-state index is 9.82. The summed E-state index contributed by atoms with van der Waals surface area (Å²) in [7, 11) is 0. The molecule has 1 aromatic heterocycles. The number of rotatable bonds is 3. The molecule has 0 saturated carbocycles. The predicted octanol–water partition coefficient (Wildman–Crippen LogP) is 3.17. The van der Waals surface area contributed by atoms with Crippen LogP contribution in [0.2, 0.25) is 0 Å². The highest BCUT2D eigenvalue weighted by atomic mass is 32.2. The van der Waals surface area contributed by atoms with Crippen LogP contribution in [0.4, 0.5) is 0 Å². The summed E-state index contributed by atoms with van der Waals surface area (Å²) >= 11 is 1.37. The van der Waals surface area contributed by atoms with Crippen LogP contribution in [0, 0.1) is 25.2 Å². The third kappa shape index (κ3) is 3.35. The molecule has 0 aliphatic heterocycles. The van der Waals surface area contributed by atoms with Crippen LogP contribution in [0.5, 0.6) is 0 Å². The minimum atomic E-state index is -0.601. The molecule has 5 heteroatoms. The van der Waals surface area contributed by atoms with Crippen LogP contribution in [0.1, 0.15) is 35.5 Å². The molecular weight excluding hydrogens is 270 g/mol. The van der Waals surface area contributed by atoms with Gasteiger partial charge >= 0.3 is 0 Å². The third-order valence-electron chi connectivity index (χ3n) is 2.76. The van der Waals surface area contributed by atoms with Gasteiger partial charge in [-0.05, 0) is 56.3 Å². The van der Waals surface area contributed by atoms with E-state index < -0.39 is 6.10 Å². The van der Waals surface area contributed by atoms with Crippen molar-refractivity contribution >= 4 is 11.8 Å². The van der Waals surface area contributed by atoms with E-state index in [4.69, 9.17) is 5.26 Å². The summed E-state index contributed by atoms with van der Waals surface area (Å²) in [4.78, 5) is 9.55. The van der Waals surface area contributed by atoms with Gasteiger partial charge in [0.1, 0.15) is 0 Å². The lowest BCUT2D eigenvalue weighted by molar-refractivity contribution is 0.196. The molecule has 0 aliphatic carbocycles. The zero-order chi connectivity index (χ0) is 14.7. The molecule has 0 aliphatic rings. The molecule has 2 rings (SSSR count). The summed E-state index contributed by atoms with van der Waals surface area (Å²) < 4.78 is 0. The molecular formula is C15H15N3OS. The lowest BCUT2D eigenvalue weighted by atomic mass is 10.1. The van der Waals surface area contributed by atoms with Gasteiger partial charge in [-0.2, -0.15) is 5.26 Å². The van der Waals surface area contributed by atoms with E-state index in [1.54, 1.807) is 25.1 Å². The summed E-state index contributed by atoms with van der Waals surface area (Å²) in [5.41, 5.74) is 3.13. The predicted molar refractivity (Wildman–Crippen MR) is 77.4 cm³/mol. The van der Waals surface area contributed by atoms with Gasteiger partial charge < -0.3 is 5.11 Å². The van der Waals surface area contributed by atoms with Crippen LogP contribution in [0.3, 0.4) is 0 Å². The van der Waals surface area contributed by atoms with Crippen LogP contribution in [-0.4, -0.2) is 15.1 Å². The number of aliphatic hydroxyl groups is 1. The molecule has 0 fully saturated rings. The Morgan fingerprint density at radius 3 is 2.40 bits per heavy atom. The minimum absolute atomic E-state index is 0.557. The molecule has 0 amide bonds. The third-order valence-corrected chi connectivity index (χ3v) is 3.69. The SMILES string of the molecule is Cc1cc(C)nc(Sc2cc(C#N)ccc2[C@H](C)O)n1. The minimum Gasteiger partial charge on any atom is -0.389 e. The molecule has 0 radical (unpaired) electrons. The van der Waals surface area contributed by atoms with Crippen LogP contribution in [0.25, 0.3) is 0 Å². The average molecular weight is 285 g/mol. The summed E-state index contributed by atoms with van der Waals surface area (Å²) in [5.74, 6) is 0. The molecule has 0 saturated heterocycles. The van der Waals surface area contributed by atoms with Crippen molar-refractivity contribution in [2.45, 2.75) is 36.9 Å².